The van der Waals surface area contributed by atoms with Crippen LogP contribution in [0.25, 0.3) is 17.3 Å². The largest absolute Gasteiger partial charge is 0.368 e. The van der Waals surface area contributed by atoms with E-state index in [4.69, 9.17) is 28.9 Å². The number of hydrogen-bond acceptors (Lipinski definition) is 5. The van der Waals surface area contributed by atoms with Crippen LogP contribution in [0.15, 0.2) is 36.7 Å². The van der Waals surface area contributed by atoms with Gasteiger partial charge in [0.2, 0.25) is 5.95 Å². The van der Waals surface area contributed by atoms with E-state index in [9.17, 15) is 0 Å². The summed E-state index contributed by atoms with van der Waals surface area (Å²) in [6.07, 6.45) is 3.33. The van der Waals surface area contributed by atoms with Gasteiger partial charge in [0.05, 0.1) is 5.02 Å². The van der Waals surface area contributed by atoms with Crippen LogP contribution in [0.4, 0.5) is 5.95 Å². The number of aromatic nitrogens is 5. The van der Waals surface area contributed by atoms with Crippen molar-refractivity contribution in [2.24, 2.45) is 0 Å². The van der Waals surface area contributed by atoms with Crippen LogP contribution in [0.5, 0.6) is 0 Å². The number of nitrogen functional groups attached to an aromatic ring is 1. The molecule has 0 aliphatic carbocycles. The molecule has 2 N–H and O–H groups in total. The summed E-state index contributed by atoms with van der Waals surface area (Å²) in [6.45, 7) is 0. The van der Waals surface area contributed by atoms with Gasteiger partial charge in [-0.3, -0.25) is 0 Å². The number of halogens is 2. The summed E-state index contributed by atoms with van der Waals surface area (Å²) < 4.78 is 1.49. The van der Waals surface area contributed by atoms with Crippen molar-refractivity contribution < 1.29 is 0 Å². The molecule has 0 saturated heterocycles. The van der Waals surface area contributed by atoms with Crippen LogP contribution in [0.3, 0.4) is 0 Å². The van der Waals surface area contributed by atoms with E-state index < -0.39 is 0 Å². The second-order valence-corrected chi connectivity index (χ2v) is 4.74. The van der Waals surface area contributed by atoms with Gasteiger partial charge in [-0.25, -0.2) is 4.68 Å². The molecule has 0 atom stereocenters. The minimum atomic E-state index is 0.0894. The predicted molar refractivity (Wildman–Crippen MR) is 76.8 cm³/mol. The first-order chi connectivity index (χ1) is 9.63. The van der Waals surface area contributed by atoms with Crippen molar-refractivity contribution in [1.29, 1.82) is 0 Å². The Morgan fingerprint density at radius 2 is 1.95 bits per heavy atom. The van der Waals surface area contributed by atoms with Gasteiger partial charge in [0, 0.05) is 23.0 Å². The van der Waals surface area contributed by atoms with E-state index in [0.717, 1.165) is 0 Å². The van der Waals surface area contributed by atoms with Crippen LogP contribution in [0, 0.1) is 0 Å². The van der Waals surface area contributed by atoms with Crippen molar-refractivity contribution in [3.63, 3.8) is 0 Å². The van der Waals surface area contributed by atoms with Gasteiger partial charge in [0.25, 0.3) is 5.95 Å². The van der Waals surface area contributed by atoms with Gasteiger partial charge in [-0.05, 0) is 24.3 Å². The lowest BCUT2D eigenvalue weighted by Gasteiger charge is -2.06. The zero-order valence-electron chi connectivity index (χ0n) is 10.0. The molecular weight excluding hydrogens is 299 g/mol. The van der Waals surface area contributed by atoms with Gasteiger partial charge in [-0.15, -0.1) is 0 Å². The first-order valence-corrected chi connectivity index (χ1v) is 6.36. The summed E-state index contributed by atoms with van der Waals surface area (Å²) in [5, 5.41) is 5.03. The van der Waals surface area contributed by atoms with E-state index >= 15 is 0 Å². The van der Waals surface area contributed by atoms with Gasteiger partial charge in [-0.2, -0.15) is 20.1 Å². The maximum atomic E-state index is 6.15. The molecular formula is C12H8Cl2N6. The third kappa shape index (κ3) is 2.43. The van der Waals surface area contributed by atoms with Crippen molar-refractivity contribution in [2.75, 3.05) is 5.73 Å². The Bertz CT molecular complexity index is 757. The molecule has 0 spiro atoms. The fraction of sp³-hybridized carbons (Fsp3) is 0. The van der Waals surface area contributed by atoms with E-state index in [0.29, 0.717) is 27.4 Å². The highest BCUT2D eigenvalue weighted by atomic mass is 35.5. The molecule has 0 aliphatic heterocycles. The highest BCUT2D eigenvalue weighted by molar-refractivity contribution is 6.36. The lowest BCUT2D eigenvalue weighted by molar-refractivity contribution is 0.801. The highest BCUT2D eigenvalue weighted by Crippen LogP contribution is 2.28. The fourth-order valence-electron chi connectivity index (χ4n) is 1.66. The molecule has 2 aromatic heterocycles. The molecule has 0 fully saturated rings. The average Bonchev–Trinajstić information content (AvgIpc) is 2.91. The molecule has 8 heteroatoms. The van der Waals surface area contributed by atoms with Crippen LogP contribution in [0.1, 0.15) is 0 Å². The summed E-state index contributed by atoms with van der Waals surface area (Å²) >= 11 is 12.0. The molecule has 0 saturated carbocycles. The summed E-state index contributed by atoms with van der Waals surface area (Å²) in [4.78, 5) is 12.4. The lowest BCUT2D eigenvalue weighted by Crippen LogP contribution is -2.08. The Morgan fingerprint density at radius 3 is 2.65 bits per heavy atom. The molecule has 3 aromatic rings. The second kappa shape index (κ2) is 5.07. The summed E-state index contributed by atoms with van der Waals surface area (Å²) in [5.74, 6) is 0.778. The van der Waals surface area contributed by atoms with Crippen molar-refractivity contribution in [2.45, 2.75) is 0 Å². The van der Waals surface area contributed by atoms with Crippen LogP contribution in [0.2, 0.25) is 10.0 Å². The maximum Gasteiger partial charge on any atom is 0.255 e. The van der Waals surface area contributed by atoms with Crippen LogP contribution in [-0.4, -0.2) is 24.7 Å². The van der Waals surface area contributed by atoms with Gasteiger partial charge >= 0.3 is 0 Å². The van der Waals surface area contributed by atoms with Crippen LogP contribution in [-0.2, 0) is 0 Å². The number of rotatable bonds is 2. The Balaban J connectivity index is 2.14. The highest BCUT2D eigenvalue weighted by Gasteiger charge is 2.11. The molecule has 0 unspecified atom stereocenters. The normalized spacial score (nSPS) is 10.7. The quantitative estimate of drug-likeness (QED) is 0.787. The Kier molecular flexibility index (Phi) is 3.25. The number of anilines is 1. The molecule has 0 amide bonds. The number of nitrogens with two attached hydrogens (primary N) is 1. The second-order valence-electron chi connectivity index (χ2n) is 3.89. The van der Waals surface area contributed by atoms with E-state index in [2.05, 4.69) is 20.1 Å². The number of hydrogen-bond donors (Lipinski definition) is 1. The minimum Gasteiger partial charge on any atom is -0.368 e. The van der Waals surface area contributed by atoms with Crippen molar-refractivity contribution in [3.8, 4) is 17.3 Å². The third-order valence-corrected chi connectivity index (χ3v) is 3.07. The van der Waals surface area contributed by atoms with Crippen LogP contribution >= 0.6 is 23.2 Å². The van der Waals surface area contributed by atoms with Gasteiger partial charge in [0.1, 0.15) is 0 Å². The molecule has 0 bridgehead atoms. The zero-order chi connectivity index (χ0) is 14.1. The van der Waals surface area contributed by atoms with Gasteiger partial charge in [-0.1, -0.05) is 23.2 Å². The summed E-state index contributed by atoms with van der Waals surface area (Å²) in [7, 11) is 0. The van der Waals surface area contributed by atoms with Crippen LogP contribution < -0.4 is 5.73 Å². The van der Waals surface area contributed by atoms with E-state index in [1.807, 2.05) is 0 Å². The molecule has 6 nitrogen and oxygen atoms in total. The predicted octanol–water partition coefficient (Wildman–Crippen LogP) is 2.61. The molecule has 0 aliphatic rings. The smallest absolute Gasteiger partial charge is 0.255 e. The molecule has 1 aromatic carbocycles. The SMILES string of the molecule is Nc1nc(-c2ccc(Cl)cc2Cl)nc(-n2cccn2)n1. The van der Waals surface area contributed by atoms with Crippen molar-refractivity contribution >= 4 is 29.2 Å². The Morgan fingerprint density at radius 1 is 1.10 bits per heavy atom. The van der Waals surface area contributed by atoms with Gasteiger partial charge in [0.15, 0.2) is 5.82 Å². The molecule has 20 heavy (non-hydrogen) atoms. The molecule has 2 heterocycles. The van der Waals surface area contributed by atoms with Gasteiger partial charge < -0.3 is 5.73 Å². The minimum absolute atomic E-state index is 0.0894. The first-order valence-electron chi connectivity index (χ1n) is 5.60. The monoisotopic (exact) mass is 306 g/mol. The standard InChI is InChI=1S/C12H8Cl2N6/c13-7-2-3-8(9(14)6-7)10-17-11(15)19-12(18-10)20-5-1-4-16-20/h1-6H,(H2,15,17,18,19). The van der Waals surface area contributed by atoms with Crippen molar-refractivity contribution in [1.82, 2.24) is 24.7 Å². The van der Waals surface area contributed by atoms with E-state index in [1.54, 1.807) is 36.7 Å². The van der Waals surface area contributed by atoms with E-state index in [1.165, 1.54) is 4.68 Å². The average molecular weight is 307 g/mol. The summed E-state index contributed by atoms with van der Waals surface area (Å²) in [6, 6.07) is 6.81. The molecule has 3 rings (SSSR count). The Labute approximate surface area is 124 Å². The summed E-state index contributed by atoms with van der Waals surface area (Å²) in [5.41, 5.74) is 6.33. The first kappa shape index (κ1) is 12.8. The topological polar surface area (TPSA) is 82.5 Å². The Hall–Kier alpha value is -2.18. The number of nitrogens with zero attached hydrogens (tertiary/aromatic N) is 5. The molecule has 0 radical (unpaired) electrons. The van der Waals surface area contributed by atoms with Crippen molar-refractivity contribution in [3.05, 3.63) is 46.7 Å². The number of benzene rings is 1. The molecule has 100 valence electrons. The third-order valence-electron chi connectivity index (χ3n) is 2.52. The fourth-order valence-corrected chi connectivity index (χ4v) is 2.15. The zero-order valence-corrected chi connectivity index (χ0v) is 11.5. The lowest BCUT2D eigenvalue weighted by atomic mass is 10.2. The van der Waals surface area contributed by atoms with E-state index in [-0.39, 0.29) is 5.95 Å². The maximum absolute atomic E-state index is 6.15.